The van der Waals surface area contributed by atoms with E-state index < -0.39 is 11.9 Å². The van der Waals surface area contributed by atoms with Crippen molar-refractivity contribution in [1.29, 1.82) is 0 Å². The van der Waals surface area contributed by atoms with Crippen LogP contribution >= 0.6 is 11.8 Å². The molecule has 37 heavy (non-hydrogen) atoms. The Balaban J connectivity index is 1.73. The van der Waals surface area contributed by atoms with Gasteiger partial charge in [-0.05, 0) is 60.9 Å². The average Bonchev–Trinajstić information content (AvgIpc) is 2.91. The van der Waals surface area contributed by atoms with Crippen molar-refractivity contribution in [3.63, 3.8) is 0 Å². The van der Waals surface area contributed by atoms with Crippen LogP contribution in [0.4, 0.5) is 0 Å². The van der Waals surface area contributed by atoms with Gasteiger partial charge in [0.25, 0.3) is 0 Å². The third-order valence-electron chi connectivity index (χ3n) is 6.90. The number of methoxy groups -OCH3 is 3. The maximum absolute atomic E-state index is 13.8. The predicted octanol–water partition coefficient (Wildman–Crippen LogP) is 4.98. The van der Waals surface area contributed by atoms with Gasteiger partial charge in [-0.15, -0.1) is 11.8 Å². The van der Waals surface area contributed by atoms with Crippen molar-refractivity contribution in [2.24, 2.45) is 0 Å². The lowest BCUT2D eigenvalue weighted by Crippen LogP contribution is -2.36. The topological polar surface area (TPSA) is 83.1 Å². The zero-order valence-electron chi connectivity index (χ0n) is 21.9. The van der Waals surface area contributed by atoms with Crippen LogP contribution in [0.2, 0.25) is 0 Å². The van der Waals surface area contributed by atoms with Gasteiger partial charge in [0.1, 0.15) is 6.61 Å². The minimum Gasteiger partial charge on any atom is -0.493 e. The summed E-state index contributed by atoms with van der Waals surface area (Å²) in [6.45, 7) is 2.31. The molecule has 0 spiro atoms. The molecule has 4 rings (SSSR count). The Kier molecular flexibility index (Phi) is 8.61. The van der Waals surface area contributed by atoms with E-state index in [1.807, 2.05) is 55.6 Å². The van der Waals surface area contributed by atoms with Crippen LogP contribution in [0.5, 0.6) is 11.5 Å². The zero-order valence-corrected chi connectivity index (χ0v) is 22.7. The highest BCUT2D eigenvalue weighted by Crippen LogP contribution is 2.46. The minimum absolute atomic E-state index is 0.0159. The van der Waals surface area contributed by atoms with Crippen molar-refractivity contribution in [2.75, 3.05) is 40.8 Å². The third kappa shape index (κ3) is 5.55. The number of ketones is 1. The lowest BCUT2D eigenvalue weighted by molar-refractivity contribution is -0.140. The molecule has 7 nitrogen and oxygen atoms in total. The van der Waals surface area contributed by atoms with Crippen LogP contribution in [-0.4, -0.2) is 52.6 Å². The molecular formula is C29H33NO6S. The van der Waals surface area contributed by atoms with E-state index in [0.29, 0.717) is 47.8 Å². The molecule has 0 aromatic heterocycles. The van der Waals surface area contributed by atoms with E-state index in [9.17, 15) is 9.59 Å². The molecule has 2 aromatic carbocycles. The van der Waals surface area contributed by atoms with Gasteiger partial charge in [0, 0.05) is 41.3 Å². The van der Waals surface area contributed by atoms with Crippen LogP contribution in [0.1, 0.15) is 42.7 Å². The Morgan fingerprint density at radius 2 is 1.68 bits per heavy atom. The van der Waals surface area contributed by atoms with E-state index in [-0.39, 0.29) is 18.3 Å². The first-order chi connectivity index (χ1) is 17.9. The molecule has 1 heterocycles. The molecule has 8 heteroatoms. The van der Waals surface area contributed by atoms with Gasteiger partial charge in [0.05, 0.1) is 26.4 Å². The Bertz CT molecular complexity index is 1230. The summed E-state index contributed by atoms with van der Waals surface area (Å²) in [5.41, 5.74) is 4.54. The number of hydrogen-bond acceptors (Lipinski definition) is 8. The highest BCUT2D eigenvalue weighted by molar-refractivity contribution is 7.98. The molecule has 0 radical (unpaired) electrons. The van der Waals surface area contributed by atoms with Crippen LogP contribution in [0.25, 0.3) is 0 Å². The molecule has 1 N–H and O–H groups in total. The van der Waals surface area contributed by atoms with Crippen molar-refractivity contribution < 1.29 is 28.5 Å². The van der Waals surface area contributed by atoms with E-state index in [0.717, 1.165) is 21.7 Å². The smallest absolute Gasteiger partial charge is 0.336 e. The summed E-state index contributed by atoms with van der Waals surface area (Å²) in [4.78, 5) is 28.1. The number of dihydropyridines is 1. The summed E-state index contributed by atoms with van der Waals surface area (Å²) in [6.07, 6.45) is 2.99. The molecule has 2 atom stereocenters. The van der Waals surface area contributed by atoms with E-state index >= 15 is 0 Å². The van der Waals surface area contributed by atoms with E-state index in [1.165, 1.54) is 0 Å². The number of carbonyl (C=O) groups is 2. The van der Waals surface area contributed by atoms with Crippen molar-refractivity contribution in [3.8, 4) is 11.5 Å². The number of rotatable bonds is 9. The monoisotopic (exact) mass is 523 g/mol. The first kappa shape index (κ1) is 26.8. The van der Waals surface area contributed by atoms with Gasteiger partial charge < -0.3 is 24.3 Å². The van der Waals surface area contributed by atoms with Crippen LogP contribution in [0.15, 0.2) is 69.9 Å². The highest BCUT2D eigenvalue weighted by Gasteiger charge is 2.41. The maximum Gasteiger partial charge on any atom is 0.336 e. The van der Waals surface area contributed by atoms with Crippen LogP contribution in [0.3, 0.4) is 0 Å². The summed E-state index contributed by atoms with van der Waals surface area (Å²) in [5, 5.41) is 3.39. The standard InChI is InChI=1S/C29H33NO6S/c1-17-26(29(32)36-13-12-33-2)27(18-6-9-21(37-5)10-7-18)28-22(30-17)14-20(15-23(28)31)19-8-11-24(34-3)25(16-19)35-4/h6-11,16,20,27,30H,12-15H2,1-5H3/t20-,27-/m1/s1. The van der Waals surface area contributed by atoms with Gasteiger partial charge in [-0.1, -0.05) is 18.2 Å². The zero-order chi connectivity index (χ0) is 26.5. The fourth-order valence-corrected chi connectivity index (χ4v) is 5.49. The van der Waals surface area contributed by atoms with Gasteiger partial charge in [0.2, 0.25) is 0 Å². The fourth-order valence-electron chi connectivity index (χ4n) is 5.08. The third-order valence-corrected chi connectivity index (χ3v) is 7.64. The van der Waals surface area contributed by atoms with Crippen molar-refractivity contribution >= 4 is 23.5 Å². The second-order valence-corrected chi connectivity index (χ2v) is 9.91. The first-order valence-electron chi connectivity index (χ1n) is 12.2. The molecule has 0 unspecified atom stereocenters. The molecule has 0 amide bonds. The second-order valence-electron chi connectivity index (χ2n) is 9.03. The molecule has 0 saturated heterocycles. The van der Waals surface area contributed by atoms with Gasteiger partial charge in [-0.25, -0.2) is 4.79 Å². The quantitative estimate of drug-likeness (QED) is 0.280. The van der Waals surface area contributed by atoms with Crippen LogP contribution < -0.4 is 14.8 Å². The number of Topliss-reactive ketones (excluding diaryl/α,β-unsaturated/α-hetero) is 1. The van der Waals surface area contributed by atoms with Crippen LogP contribution in [-0.2, 0) is 19.1 Å². The molecular weight excluding hydrogens is 490 g/mol. The van der Waals surface area contributed by atoms with Crippen molar-refractivity contribution in [2.45, 2.75) is 36.5 Å². The second kappa shape index (κ2) is 11.9. The van der Waals surface area contributed by atoms with Gasteiger partial charge in [0.15, 0.2) is 17.3 Å². The molecule has 2 aliphatic rings. The maximum atomic E-state index is 13.8. The Hall–Kier alpha value is -3.23. The fraction of sp³-hybridized carbons (Fsp3) is 0.379. The summed E-state index contributed by atoms with van der Waals surface area (Å²) in [5.74, 6) is 0.327. The summed E-state index contributed by atoms with van der Waals surface area (Å²) >= 11 is 1.64. The molecule has 0 saturated carbocycles. The molecule has 1 aliphatic carbocycles. The minimum atomic E-state index is -0.499. The first-order valence-corrected chi connectivity index (χ1v) is 13.4. The lowest BCUT2D eigenvalue weighted by Gasteiger charge is -2.36. The number of ether oxygens (including phenoxy) is 4. The average molecular weight is 524 g/mol. The summed E-state index contributed by atoms with van der Waals surface area (Å²) < 4.78 is 21.4. The SMILES string of the molecule is COCCOC(=O)C1=C(C)NC2=C(C(=O)C[C@H](c3ccc(OC)c(OC)c3)C2)[C@@H]1c1ccc(SC)cc1. The van der Waals surface area contributed by atoms with E-state index in [4.69, 9.17) is 18.9 Å². The van der Waals surface area contributed by atoms with E-state index in [1.54, 1.807) is 33.1 Å². The molecule has 1 aliphatic heterocycles. The van der Waals surface area contributed by atoms with E-state index in [2.05, 4.69) is 5.32 Å². The number of carbonyl (C=O) groups excluding carboxylic acids is 2. The van der Waals surface area contributed by atoms with Gasteiger partial charge in [-0.3, -0.25) is 4.79 Å². The number of hydrogen-bond donors (Lipinski definition) is 1. The van der Waals surface area contributed by atoms with Crippen molar-refractivity contribution in [3.05, 3.63) is 76.1 Å². The predicted molar refractivity (Wildman–Crippen MR) is 143 cm³/mol. The summed E-state index contributed by atoms with van der Waals surface area (Å²) in [6, 6.07) is 13.8. The Labute approximate surface area is 222 Å². The Morgan fingerprint density at radius 3 is 2.32 bits per heavy atom. The van der Waals surface area contributed by atoms with Gasteiger partial charge >= 0.3 is 5.97 Å². The number of esters is 1. The number of thioether (sulfide) groups is 1. The summed E-state index contributed by atoms with van der Waals surface area (Å²) in [7, 11) is 4.76. The number of benzene rings is 2. The molecule has 2 aromatic rings. The molecule has 0 fully saturated rings. The molecule has 0 bridgehead atoms. The Morgan fingerprint density at radius 1 is 0.973 bits per heavy atom. The molecule has 196 valence electrons. The van der Waals surface area contributed by atoms with Crippen LogP contribution in [0, 0.1) is 0 Å². The lowest BCUT2D eigenvalue weighted by atomic mass is 9.71. The number of nitrogens with one attached hydrogen (secondary N) is 1. The largest absolute Gasteiger partial charge is 0.493 e. The van der Waals surface area contributed by atoms with Crippen molar-refractivity contribution in [1.82, 2.24) is 5.32 Å². The number of allylic oxidation sites excluding steroid dienone is 3. The normalized spacial score (nSPS) is 19.3. The highest BCUT2D eigenvalue weighted by atomic mass is 32.2. The van der Waals surface area contributed by atoms with Gasteiger partial charge in [-0.2, -0.15) is 0 Å².